The Morgan fingerprint density at radius 1 is 1.13 bits per heavy atom. The number of fused-ring (bicyclic) bond motifs is 1. The molecule has 0 aromatic heterocycles. The van der Waals surface area contributed by atoms with Gasteiger partial charge in [-0.1, -0.05) is 79.7 Å². The fourth-order valence-corrected chi connectivity index (χ4v) is 7.45. The predicted molar refractivity (Wildman–Crippen MR) is 175 cm³/mol. The molecule has 2 N–H and O–H groups in total. The third-order valence-electron chi connectivity index (χ3n) is 9.69. The molecule has 7 atom stereocenters. The van der Waals surface area contributed by atoms with Crippen molar-refractivity contribution in [2.75, 3.05) is 19.7 Å². The Balaban J connectivity index is 1.45. The summed E-state index contributed by atoms with van der Waals surface area (Å²) in [4.78, 5) is 58.7. The van der Waals surface area contributed by atoms with Crippen LogP contribution in [0.4, 0.5) is 0 Å². The second-order valence-corrected chi connectivity index (χ2v) is 12.5. The Hall–Kier alpha value is -4.28. The third kappa shape index (κ3) is 6.75. The highest BCUT2D eigenvalue weighted by molar-refractivity contribution is 5.98. The molecule has 3 aliphatic rings. The predicted octanol–water partition coefficient (Wildman–Crippen LogP) is 3.71. The molecule has 5 rings (SSSR count). The molecule has 0 saturated carbocycles. The van der Waals surface area contributed by atoms with Crippen LogP contribution in [0.1, 0.15) is 56.3 Å². The smallest absolute Gasteiger partial charge is 0.313 e. The zero-order valence-electron chi connectivity index (χ0n) is 27.0. The molecule has 10 nitrogen and oxygen atoms in total. The van der Waals surface area contributed by atoms with Crippen LogP contribution in [0.3, 0.4) is 0 Å². The van der Waals surface area contributed by atoms with E-state index >= 15 is 0 Å². The van der Waals surface area contributed by atoms with Crippen LogP contribution in [0.2, 0.25) is 0 Å². The first kappa shape index (κ1) is 34.1. The van der Waals surface area contributed by atoms with Crippen LogP contribution in [-0.4, -0.2) is 82.1 Å². The van der Waals surface area contributed by atoms with E-state index in [1.54, 1.807) is 17.1 Å². The van der Waals surface area contributed by atoms with Crippen molar-refractivity contribution in [1.29, 1.82) is 0 Å². The second kappa shape index (κ2) is 15.1. The van der Waals surface area contributed by atoms with E-state index in [9.17, 15) is 24.3 Å². The van der Waals surface area contributed by atoms with Crippen LogP contribution >= 0.6 is 0 Å². The first-order valence-electron chi connectivity index (χ1n) is 16.5. The molecular formula is C37H45N3O7. The molecule has 3 amide bonds. The van der Waals surface area contributed by atoms with Crippen molar-refractivity contribution in [2.24, 2.45) is 11.8 Å². The topological polar surface area (TPSA) is 125 Å². The number of carbonyl (C=O) groups is 4. The van der Waals surface area contributed by atoms with Crippen molar-refractivity contribution in [3.05, 3.63) is 97.1 Å². The van der Waals surface area contributed by atoms with Gasteiger partial charge >= 0.3 is 5.97 Å². The van der Waals surface area contributed by atoms with Crippen molar-refractivity contribution in [1.82, 2.24) is 15.1 Å². The number of hydrogen-bond donors (Lipinski definition) is 2. The molecule has 10 heteroatoms. The van der Waals surface area contributed by atoms with E-state index in [4.69, 9.17) is 9.47 Å². The number of rotatable bonds is 16. The van der Waals surface area contributed by atoms with Crippen LogP contribution in [0.25, 0.3) is 0 Å². The number of likely N-dealkylation sites (tertiary alicyclic amines) is 1. The number of aliphatic hydroxyl groups excluding tert-OH is 1. The number of ether oxygens (including phenoxy) is 2. The van der Waals surface area contributed by atoms with Crippen molar-refractivity contribution >= 4 is 23.7 Å². The van der Waals surface area contributed by atoms with Gasteiger partial charge in [0.15, 0.2) is 0 Å². The van der Waals surface area contributed by atoms with E-state index in [2.05, 4.69) is 18.5 Å². The summed E-state index contributed by atoms with van der Waals surface area (Å²) in [6, 6.07) is 17.0. The number of nitrogens with zero attached hydrogens (tertiary/aromatic N) is 2. The maximum atomic E-state index is 14.6. The van der Waals surface area contributed by atoms with E-state index in [1.807, 2.05) is 67.6 Å². The van der Waals surface area contributed by atoms with Gasteiger partial charge < -0.3 is 29.7 Å². The van der Waals surface area contributed by atoms with Gasteiger partial charge in [-0.2, -0.15) is 0 Å². The average Bonchev–Trinajstić information content (AvgIpc) is 3.74. The number of carbonyl (C=O) groups excluding carboxylic acids is 4. The van der Waals surface area contributed by atoms with Crippen molar-refractivity contribution in [3.8, 4) is 0 Å². The minimum atomic E-state index is -1.25. The number of aliphatic hydroxyl groups is 1. The van der Waals surface area contributed by atoms with E-state index in [0.717, 1.165) is 5.56 Å². The Bertz CT molecular complexity index is 1450. The Morgan fingerprint density at radius 3 is 2.47 bits per heavy atom. The van der Waals surface area contributed by atoms with E-state index in [1.165, 1.54) is 4.90 Å². The van der Waals surface area contributed by atoms with Gasteiger partial charge in [-0.05, 0) is 36.8 Å². The van der Waals surface area contributed by atoms with E-state index in [-0.39, 0.29) is 43.8 Å². The summed E-state index contributed by atoms with van der Waals surface area (Å²) in [6.07, 6.45) is 3.99. The molecule has 2 bridgehead atoms. The summed E-state index contributed by atoms with van der Waals surface area (Å²) in [5.41, 5.74) is 0.370. The third-order valence-corrected chi connectivity index (χ3v) is 9.69. The molecule has 47 heavy (non-hydrogen) atoms. The Labute approximate surface area is 276 Å². The number of amides is 3. The summed E-state index contributed by atoms with van der Waals surface area (Å²) < 4.78 is 12.7. The highest BCUT2D eigenvalue weighted by Gasteiger charge is 2.75. The van der Waals surface area contributed by atoms with Crippen LogP contribution in [0.5, 0.6) is 0 Å². The number of nitrogens with one attached hydrogen (secondary N) is 1. The molecule has 3 fully saturated rings. The van der Waals surface area contributed by atoms with Gasteiger partial charge in [0.25, 0.3) is 0 Å². The second-order valence-electron chi connectivity index (χ2n) is 12.5. The molecule has 0 aliphatic carbocycles. The maximum absolute atomic E-state index is 14.6. The van der Waals surface area contributed by atoms with E-state index < -0.39 is 47.7 Å². The summed E-state index contributed by atoms with van der Waals surface area (Å²) in [7, 11) is 0. The van der Waals surface area contributed by atoms with Crippen LogP contribution in [0, 0.1) is 11.8 Å². The van der Waals surface area contributed by atoms with Crippen molar-refractivity contribution in [3.63, 3.8) is 0 Å². The molecule has 250 valence electrons. The minimum Gasteiger partial charge on any atom is -0.455 e. The quantitative estimate of drug-likeness (QED) is 0.211. The molecule has 0 radical (unpaired) electrons. The summed E-state index contributed by atoms with van der Waals surface area (Å²) in [6.45, 7) is 9.62. The summed E-state index contributed by atoms with van der Waals surface area (Å²) in [5, 5.41) is 13.2. The minimum absolute atomic E-state index is 0.0549. The lowest BCUT2D eigenvalue weighted by Gasteiger charge is -2.39. The fourth-order valence-electron chi connectivity index (χ4n) is 7.45. The van der Waals surface area contributed by atoms with Crippen molar-refractivity contribution in [2.45, 2.75) is 75.5 Å². The highest BCUT2D eigenvalue weighted by Crippen LogP contribution is 2.59. The molecule has 3 heterocycles. The maximum Gasteiger partial charge on any atom is 0.313 e. The normalized spacial score (nSPS) is 25.5. The summed E-state index contributed by atoms with van der Waals surface area (Å²) in [5.74, 6) is -3.40. The zero-order valence-corrected chi connectivity index (χ0v) is 27.0. The van der Waals surface area contributed by atoms with Gasteiger partial charge in [-0.25, -0.2) is 0 Å². The molecule has 1 spiro atoms. The Kier molecular flexibility index (Phi) is 10.9. The lowest BCUT2D eigenvalue weighted by molar-refractivity contribution is -0.161. The first-order chi connectivity index (χ1) is 22.8. The zero-order chi connectivity index (χ0) is 33.6. The molecular weight excluding hydrogens is 598 g/mol. The van der Waals surface area contributed by atoms with Gasteiger partial charge in [0.05, 0.1) is 37.1 Å². The van der Waals surface area contributed by atoms with Crippen LogP contribution < -0.4 is 5.32 Å². The molecule has 2 aromatic carbocycles. The van der Waals surface area contributed by atoms with Gasteiger partial charge in [0, 0.05) is 19.5 Å². The number of hydrogen-bond acceptors (Lipinski definition) is 7. The molecule has 2 aromatic rings. The Morgan fingerprint density at radius 2 is 1.83 bits per heavy atom. The van der Waals surface area contributed by atoms with Gasteiger partial charge in [0.2, 0.25) is 17.7 Å². The molecule has 3 saturated heterocycles. The number of allylic oxidation sites excluding steroid dienone is 1. The average molecular weight is 644 g/mol. The monoisotopic (exact) mass is 643 g/mol. The van der Waals surface area contributed by atoms with Crippen LogP contribution in [-0.2, 0) is 35.2 Å². The number of benzene rings is 2. The highest BCUT2D eigenvalue weighted by atomic mass is 16.6. The van der Waals surface area contributed by atoms with Crippen LogP contribution in [0.15, 0.2) is 86.0 Å². The van der Waals surface area contributed by atoms with Crippen molar-refractivity contribution < 1.29 is 33.8 Å². The first-order valence-corrected chi connectivity index (χ1v) is 16.5. The SMILES string of the molecule is C=CCCC(=O)NC[C@H](OC(=O)[C@@H]1[C@@H]2CC[C@]3(O2)[C@H](C(=O)N(CC=C)Cc2ccccc2)N([C@@H](CC)CO)C(=O)[C@@H]13)c1ccccc1. The fraction of sp³-hybridized carbons (Fsp3) is 0.459. The summed E-state index contributed by atoms with van der Waals surface area (Å²) >= 11 is 0. The van der Waals surface area contributed by atoms with Gasteiger partial charge in [-0.15, -0.1) is 13.2 Å². The lowest BCUT2D eigenvalue weighted by Crippen LogP contribution is -2.58. The lowest BCUT2D eigenvalue weighted by atomic mass is 9.70. The van der Waals surface area contributed by atoms with Gasteiger partial charge in [-0.3, -0.25) is 19.2 Å². The van der Waals surface area contributed by atoms with Gasteiger partial charge in [0.1, 0.15) is 17.7 Å². The largest absolute Gasteiger partial charge is 0.455 e. The molecule has 3 aliphatic heterocycles. The molecule has 0 unspecified atom stereocenters. The standard InChI is InChI=1S/C37H45N3O7/c1-4-7-18-30(42)38-22-29(26-16-12-9-13-17-26)46-36(45)31-28-19-20-37(47-28)32(31)34(43)40(27(6-3)24-41)33(37)35(44)39(21-5-2)23-25-14-10-8-11-15-25/h4-5,8-17,27-29,31-33,41H,1-2,6-7,18-24H2,3H3,(H,38,42)/t27-,28-,29-,31+,32+,33-,37+/m0/s1. The van der Waals surface area contributed by atoms with E-state index in [0.29, 0.717) is 37.8 Å². The number of esters is 1.